The van der Waals surface area contributed by atoms with E-state index in [0.717, 1.165) is 18.4 Å². The SMILES string of the molecule is CCNC[C@H](CC=O)N(Cc1c(F)ccc(F)c1Cl)c1ccc(C#N)c(Cl)c1. The van der Waals surface area contributed by atoms with Crippen molar-refractivity contribution in [3.8, 4) is 6.07 Å². The Hall–Kier alpha value is -2.20. The maximum absolute atomic E-state index is 14.4. The van der Waals surface area contributed by atoms with Gasteiger partial charge in [0.05, 0.1) is 15.6 Å². The number of benzene rings is 2. The van der Waals surface area contributed by atoms with Gasteiger partial charge in [0.2, 0.25) is 0 Å². The van der Waals surface area contributed by atoms with Gasteiger partial charge in [-0.1, -0.05) is 30.1 Å². The van der Waals surface area contributed by atoms with Crippen molar-refractivity contribution in [1.29, 1.82) is 5.26 Å². The van der Waals surface area contributed by atoms with Crippen molar-refractivity contribution in [1.82, 2.24) is 5.32 Å². The highest BCUT2D eigenvalue weighted by molar-refractivity contribution is 6.32. The van der Waals surface area contributed by atoms with Gasteiger partial charge >= 0.3 is 0 Å². The minimum Gasteiger partial charge on any atom is -0.362 e. The molecule has 148 valence electrons. The lowest BCUT2D eigenvalue weighted by Crippen LogP contribution is -2.42. The number of aldehydes is 1. The molecule has 0 heterocycles. The van der Waals surface area contributed by atoms with E-state index in [1.165, 1.54) is 0 Å². The van der Waals surface area contributed by atoms with Gasteiger partial charge in [-0.2, -0.15) is 5.26 Å². The molecule has 28 heavy (non-hydrogen) atoms. The fourth-order valence-corrected chi connectivity index (χ4v) is 3.26. The third kappa shape index (κ3) is 5.20. The standard InChI is InChI=1S/C20H19Cl2F2N3O/c1-2-26-11-15(7-8-28)27(14-4-3-13(10-25)17(21)9-14)12-16-18(23)5-6-19(24)20(16)22/h3-6,8-9,15,26H,2,7,11-12H2,1H3/t15-/m0/s1. The zero-order valence-electron chi connectivity index (χ0n) is 15.2. The van der Waals surface area contributed by atoms with Gasteiger partial charge in [-0.25, -0.2) is 8.78 Å². The Labute approximate surface area is 172 Å². The number of hydrogen-bond donors (Lipinski definition) is 1. The largest absolute Gasteiger partial charge is 0.362 e. The van der Waals surface area contributed by atoms with E-state index in [9.17, 15) is 13.6 Å². The Morgan fingerprint density at radius 1 is 1.25 bits per heavy atom. The van der Waals surface area contributed by atoms with Crippen LogP contribution in [0.15, 0.2) is 30.3 Å². The zero-order chi connectivity index (χ0) is 20.7. The first-order valence-electron chi connectivity index (χ1n) is 8.65. The number of carbonyl (C=O) groups is 1. The van der Waals surface area contributed by atoms with Crippen molar-refractivity contribution >= 4 is 35.2 Å². The normalized spacial score (nSPS) is 11.7. The Morgan fingerprint density at radius 2 is 1.96 bits per heavy atom. The maximum atomic E-state index is 14.4. The van der Waals surface area contributed by atoms with Crippen molar-refractivity contribution in [2.75, 3.05) is 18.0 Å². The second-order valence-electron chi connectivity index (χ2n) is 6.09. The summed E-state index contributed by atoms with van der Waals surface area (Å²) in [4.78, 5) is 13.0. The van der Waals surface area contributed by atoms with Gasteiger partial charge in [0.1, 0.15) is 24.0 Å². The van der Waals surface area contributed by atoms with E-state index < -0.39 is 11.6 Å². The highest BCUT2D eigenvalue weighted by atomic mass is 35.5. The summed E-state index contributed by atoms with van der Waals surface area (Å²) in [6.07, 6.45) is 0.920. The number of anilines is 1. The molecule has 0 spiro atoms. The van der Waals surface area contributed by atoms with Crippen molar-refractivity contribution in [3.05, 3.63) is 63.1 Å². The molecule has 2 aromatic rings. The summed E-state index contributed by atoms with van der Waals surface area (Å²) in [5.41, 5.74) is 0.835. The summed E-state index contributed by atoms with van der Waals surface area (Å²) in [5.74, 6) is -1.38. The summed E-state index contributed by atoms with van der Waals surface area (Å²) in [7, 11) is 0. The van der Waals surface area contributed by atoms with Crippen LogP contribution in [0.25, 0.3) is 0 Å². The second-order valence-corrected chi connectivity index (χ2v) is 6.87. The Kier molecular flexibility index (Phi) is 8.18. The van der Waals surface area contributed by atoms with Crippen LogP contribution in [-0.4, -0.2) is 25.4 Å². The van der Waals surface area contributed by atoms with E-state index in [4.69, 9.17) is 28.5 Å². The number of carbonyl (C=O) groups excluding carboxylic acids is 1. The lowest BCUT2D eigenvalue weighted by molar-refractivity contribution is -0.108. The molecule has 0 aliphatic heterocycles. The first-order valence-corrected chi connectivity index (χ1v) is 9.41. The quantitative estimate of drug-likeness (QED) is 0.466. The number of nitrogens with zero attached hydrogens (tertiary/aromatic N) is 2. The molecule has 2 rings (SSSR count). The summed E-state index contributed by atoms with van der Waals surface area (Å²) < 4.78 is 28.3. The predicted octanol–water partition coefficient (Wildman–Crippen LogP) is 4.72. The van der Waals surface area contributed by atoms with Crippen molar-refractivity contribution in [2.45, 2.75) is 25.9 Å². The third-order valence-corrected chi connectivity index (χ3v) is 5.03. The van der Waals surface area contributed by atoms with Crippen LogP contribution < -0.4 is 10.2 Å². The van der Waals surface area contributed by atoms with E-state index in [1.807, 2.05) is 13.0 Å². The van der Waals surface area contributed by atoms with Crippen LogP contribution in [-0.2, 0) is 11.3 Å². The monoisotopic (exact) mass is 425 g/mol. The molecule has 0 saturated heterocycles. The minimum atomic E-state index is -0.727. The molecule has 1 atom stereocenters. The third-order valence-electron chi connectivity index (χ3n) is 4.31. The van der Waals surface area contributed by atoms with E-state index >= 15 is 0 Å². The van der Waals surface area contributed by atoms with Crippen LogP contribution in [0.2, 0.25) is 10.0 Å². The molecule has 0 radical (unpaired) electrons. The zero-order valence-corrected chi connectivity index (χ0v) is 16.7. The molecule has 0 saturated carbocycles. The summed E-state index contributed by atoms with van der Waals surface area (Å²) in [6, 6.07) is 8.35. The fourth-order valence-electron chi connectivity index (χ4n) is 2.83. The fraction of sp³-hybridized carbons (Fsp3) is 0.300. The molecule has 1 N–H and O–H groups in total. The average Bonchev–Trinajstić information content (AvgIpc) is 2.68. The van der Waals surface area contributed by atoms with Crippen LogP contribution in [0.1, 0.15) is 24.5 Å². The van der Waals surface area contributed by atoms with E-state index in [-0.39, 0.29) is 34.6 Å². The molecule has 0 unspecified atom stereocenters. The first-order chi connectivity index (χ1) is 13.4. The summed E-state index contributed by atoms with van der Waals surface area (Å²) in [5, 5.41) is 12.2. The van der Waals surface area contributed by atoms with Crippen molar-refractivity contribution < 1.29 is 13.6 Å². The van der Waals surface area contributed by atoms with Crippen LogP contribution >= 0.6 is 23.2 Å². The molecule has 0 fully saturated rings. The molecule has 0 aliphatic rings. The highest BCUT2D eigenvalue weighted by Gasteiger charge is 2.23. The topological polar surface area (TPSA) is 56.1 Å². The summed E-state index contributed by atoms with van der Waals surface area (Å²) >= 11 is 12.2. The van der Waals surface area contributed by atoms with Crippen LogP contribution in [0.3, 0.4) is 0 Å². The van der Waals surface area contributed by atoms with E-state index in [2.05, 4.69) is 5.32 Å². The molecule has 2 aromatic carbocycles. The molecule has 4 nitrogen and oxygen atoms in total. The minimum absolute atomic E-state index is 0.0189. The molecule has 0 amide bonds. The van der Waals surface area contributed by atoms with Gasteiger partial charge in [-0.3, -0.25) is 0 Å². The highest BCUT2D eigenvalue weighted by Crippen LogP contribution is 2.30. The van der Waals surface area contributed by atoms with E-state index in [1.54, 1.807) is 23.1 Å². The van der Waals surface area contributed by atoms with Gasteiger partial charge < -0.3 is 15.0 Å². The molecular weight excluding hydrogens is 407 g/mol. The Morgan fingerprint density at radius 3 is 2.57 bits per heavy atom. The van der Waals surface area contributed by atoms with Gasteiger partial charge in [0, 0.05) is 36.8 Å². The van der Waals surface area contributed by atoms with Crippen LogP contribution in [0.5, 0.6) is 0 Å². The smallest absolute Gasteiger partial charge is 0.142 e. The molecule has 0 aromatic heterocycles. The van der Waals surface area contributed by atoms with Crippen LogP contribution in [0.4, 0.5) is 14.5 Å². The van der Waals surface area contributed by atoms with Crippen molar-refractivity contribution in [2.24, 2.45) is 0 Å². The van der Waals surface area contributed by atoms with E-state index in [0.29, 0.717) is 24.3 Å². The average molecular weight is 426 g/mol. The summed E-state index contributed by atoms with van der Waals surface area (Å²) in [6.45, 7) is 2.95. The predicted molar refractivity (Wildman–Crippen MR) is 107 cm³/mol. The Bertz CT molecular complexity index is 886. The number of halogens is 4. The Balaban J connectivity index is 2.52. The number of rotatable bonds is 9. The van der Waals surface area contributed by atoms with Gasteiger partial charge in [0.15, 0.2) is 0 Å². The molecule has 8 heteroatoms. The van der Waals surface area contributed by atoms with Gasteiger partial charge in [-0.05, 0) is 36.9 Å². The lowest BCUT2D eigenvalue weighted by atomic mass is 10.1. The lowest BCUT2D eigenvalue weighted by Gasteiger charge is -2.34. The van der Waals surface area contributed by atoms with Crippen molar-refractivity contribution in [3.63, 3.8) is 0 Å². The number of likely N-dealkylation sites (N-methyl/N-ethyl adjacent to an activating group) is 1. The molecular formula is C20H19Cl2F2N3O. The van der Waals surface area contributed by atoms with Gasteiger partial charge in [-0.15, -0.1) is 0 Å². The first kappa shape index (κ1) is 22.1. The number of nitrogens with one attached hydrogen (secondary N) is 1. The number of nitriles is 1. The number of hydrogen-bond acceptors (Lipinski definition) is 4. The van der Waals surface area contributed by atoms with Gasteiger partial charge in [0.25, 0.3) is 0 Å². The van der Waals surface area contributed by atoms with Crippen LogP contribution in [0, 0.1) is 23.0 Å². The maximum Gasteiger partial charge on any atom is 0.142 e. The molecule has 0 aliphatic carbocycles. The molecule has 0 bridgehead atoms. The second kappa shape index (κ2) is 10.4.